The number of amides is 1. The average molecular weight is 367 g/mol. The predicted molar refractivity (Wildman–Crippen MR) is 109 cm³/mol. The summed E-state index contributed by atoms with van der Waals surface area (Å²) in [5.41, 5.74) is 1.90. The number of aromatic nitrogens is 1. The van der Waals surface area contributed by atoms with Crippen molar-refractivity contribution in [3.05, 3.63) is 53.7 Å². The van der Waals surface area contributed by atoms with Crippen LogP contribution in [0.2, 0.25) is 0 Å². The van der Waals surface area contributed by atoms with E-state index in [4.69, 9.17) is 4.74 Å². The Morgan fingerprint density at radius 1 is 1.11 bits per heavy atom. The van der Waals surface area contributed by atoms with Crippen molar-refractivity contribution < 1.29 is 9.53 Å². The van der Waals surface area contributed by atoms with Gasteiger partial charge in [0.2, 0.25) is 0 Å². The molecule has 0 radical (unpaired) electrons. The smallest absolute Gasteiger partial charge is 0.255 e. The maximum absolute atomic E-state index is 12.6. The van der Waals surface area contributed by atoms with Gasteiger partial charge in [0, 0.05) is 25.8 Å². The Balaban J connectivity index is 1.41. The summed E-state index contributed by atoms with van der Waals surface area (Å²) in [4.78, 5) is 19.3. The average Bonchev–Trinajstić information content (AvgIpc) is 2.72. The second-order valence-corrected chi connectivity index (χ2v) is 7.05. The number of carbonyl (C=O) groups excluding carboxylic acids is 1. The Labute approximate surface area is 161 Å². The van der Waals surface area contributed by atoms with Crippen LogP contribution in [-0.2, 0) is 0 Å². The van der Waals surface area contributed by atoms with Gasteiger partial charge in [0.15, 0.2) is 0 Å². The molecule has 5 heteroatoms. The fourth-order valence-corrected chi connectivity index (χ4v) is 3.28. The van der Waals surface area contributed by atoms with E-state index < -0.39 is 0 Å². The third-order valence-corrected chi connectivity index (χ3v) is 4.83. The molecule has 0 aliphatic carbocycles. The molecule has 0 spiro atoms. The van der Waals surface area contributed by atoms with Gasteiger partial charge >= 0.3 is 0 Å². The van der Waals surface area contributed by atoms with Gasteiger partial charge in [-0.3, -0.25) is 4.79 Å². The summed E-state index contributed by atoms with van der Waals surface area (Å²) in [6, 6.07) is 11.8. The number of anilines is 1. The minimum absolute atomic E-state index is 0.0388. The van der Waals surface area contributed by atoms with Gasteiger partial charge in [0.05, 0.1) is 12.2 Å². The molecular formula is C22H29N3O2. The molecule has 2 aromatic rings. The monoisotopic (exact) mass is 367 g/mol. The highest BCUT2D eigenvalue weighted by Gasteiger charge is 2.19. The number of pyridine rings is 1. The van der Waals surface area contributed by atoms with Crippen LogP contribution in [0.3, 0.4) is 0 Å². The van der Waals surface area contributed by atoms with E-state index in [0.29, 0.717) is 18.7 Å². The van der Waals surface area contributed by atoms with Crippen LogP contribution in [0.5, 0.6) is 5.75 Å². The topological polar surface area (TPSA) is 54.5 Å². The highest BCUT2D eigenvalue weighted by Crippen LogP contribution is 2.21. The highest BCUT2D eigenvalue weighted by molar-refractivity contribution is 5.98. The number of aryl methyl sites for hydroxylation is 1. The SMILES string of the molecule is Cc1ccc(OCCCCNC(=O)c2cccnc2N2CCCCC2)cc1. The number of hydrogen-bond acceptors (Lipinski definition) is 4. The second kappa shape index (κ2) is 9.95. The lowest BCUT2D eigenvalue weighted by Gasteiger charge is -2.29. The van der Waals surface area contributed by atoms with Crippen molar-refractivity contribution >= 4 is 11.7 Å². The van der Waals surface area contributed by atoms with Gasteiger partial charge in [0.1, 0.15) is 11.6 Å². The van der Waals surface area contributed by atoms with Gasteiger partial charge in [-0.1, -0.05) is 17.7 Å². The Morgan fingerprint density at radius 2 is 1.89 bits per heavy atom. The van der Waals surface area contributed by atoms with Crippen LogP contribution < -0.4 is 15.0 Å². The molecule has 1 aromatic carbocycles. The number of carbonyl (C=O) groups is 1. The maximum Gasteiger partial charge on any atom is 0.255 e. The molecule has 144 valence electrons. The molecule has 27 heavy (non-hydrogen) atoms. The van der Waals surface area contributed by atoms with Gasteiger partial charge in [-0.25, -0.2) is 4.98 Å². The lowest BCUT2D eigenvalue weighted by atomic mass is 10.1. The van der Waals surface area contributed by atoms with Gasteiger partial charge in [-0.05, 0) is 63.3 Å². The molecule has 0 atom stereocenters. The number of benzene rings is 1. The molecule has 1 N–H and O–H groups in total. The fourth-order valence-electron chi connectivity index (χ4n) is 3.28. The van der Waals surface area contributed by atoms with Crippen molar-refractivity contribution in [1.29, 1.82) is 0 Å². The lowest BCUT2D eigenvalue weighted by Crippen LogP contribution is -2.33. The summed E-state index contributed by atoms with van der Waals surface area (Å²) in [6.45, 7) is 5.32. The summed E-state index contributed by atoms with van der Waals surface area (Å²) in [7, 11) is 0. The van der Waals surface area contributed by atoms with Crippen molar-refractivity contribution in [3.8, 4) is 5.75 Å². The van der Waals surface area contributed by atoms with Crippen LogP contribution in [0, 0.1) is 6.92 Å². The van der Waals surface area contributed by atoms with Crippen molar-refractivity contribution in [3.63, 3.8) is 0 Å². The summed E-state index contributed by atoms with van der Waals surface area (Å²) >= 11 is 0. The van der Waals surface area contributed by atoms with Gasteiger partial charge in [-0.2, -0.15) is 0 Å². The first-order valence-electron chi connectivity index (χ1n) is 9.92. The molecule has 3 rings (SSSR count). The first-order valence-corrected chi connectivity index (χ1v) is 9.92. The second-order valence-electron chi connectivity index (χ2n) is 7.05. The van der Waals surface area contributed by atoms with E-state index in [0.717, 1.165) is 37.5 Å². The molecule has 0 bridgehead atoms. The summed E-state index contributed by atoms with van der Waals surface area (Å²) < 4.78 is 5.72. The number of nitrogens with zero attached hydrogens (tertiary/aromatic N) is 2. The minimum Gasteiger partial charge on any atom is -0.494 e. The third-order valence-electron chi connectivity index (χ3n) is 4.83. The van der Waals surface area contributed by atoms with E-state index in [1.54, 1.807) is 6.20 Å². The summed E-state index contributed by atoms with van der Waals surface area (Å²) in [6.07, 6.45) is 7.15. The van der Waals surface area contributed by atoms with Crippen LogP contribution in [0.4, 0.5) is 5.82 Å². The Morgan fingerprint density at radius 3 is 2.67 bits per heavy atom. The van der Waals surface area contributed by atoms with Crippen molar-refractivity contribution in [2.45, 2.75) is 39.0 Å². The van der Waals surface area contributed by atoms with Crippen LogP contribution in [-0.4, -0.2) is 37.1 Å². The minimum atomic E-state index is -0.0388. The third kappa shape index (κ3) is 5.71. The van der Waals surface area contributed by atoms with Crippen LogP contribution >= 0.6 is 0 Å². The standard InChI is InChI=1S/C22H29N3O2/c1-18-9-11-19(12-10-18)27-17-6-3-13-24-22(26)20-8-7-14-23-21(20)25-15-4-2-5-16-25/h7-12,14H,2-6,13,15-17H2,1H3,(H,24,26). The van der Waals surface area contributed by atoms with E-state index >= 15 is 0 Å². The van der Waals surface area contributed by atoms with Gasteiger partial charge in [0.25, 0.3) is 5.91 Å². The van der Waals surface area contributed by atoms with Crippen molar-refractivity contribution in [2.75, 3.05) is 31.1 Å². The zero-order valence-corrected chi connectivity index (χ0v) is 16.1. The van der Waals surface area contributed by atoms with Crippen molar-refractivity contribution in [2.24, 2.45) is 0 Å². The van der Waals surface area contributed by atoms with Crippen molar-refractivity contribution in [1.82, 2.24) is 10.3 Å². The fraction of sp³-hybridized carbons (Fsp3) is 0.455. The number of ether oxygens (including phenoxy) is 1. The number of piperidine rings is 1. The first-order chi connectivity index (χ1) is 13.2. The molecular weight excluding hydrogens is 338 g/mol. The van der Waals surface area contributed by atoms with E-state index in [-0.39, 0.29) is 5.91 Å². The van der Waals surface area contributed by atoms with E-state index in [1.165, 1.54) is 24.8 Å². The van der Waals surface area contributed by atoms with E-state index in [9.17, 15) is 4.79 Å². The number of nitrogens with one attached hydrogen (secondary N) is 1. The molecule has 1 fully saturated rings. The Kier molecular flexibility index (Phi) is 7.08. The van der Waals surface area contributed by atoms with E-state index in [2.05, 4.69) is 22.1 Å². The number of rotatable bonds is 8. The molecule has 2 heterocycles. The first kappa shape index (κ1) is 19.2. The van der Waals surface area contributed by atoms with Crippen LogP contribution in [0.1, 0.15) is 48.0 Å². The molecule has 1 saturated heterocycles. The Hall–Kier alpha value is -2.56. The summed E-state index contributed by atoms with van der Waals surface area (Å²) in [5, 5.41) is 3.02. The molecule has 1 aromatic heterocycles. The lowest BCUT2D eigenvalue weighted by molar-refractivity contribution is 0.0952. The quantitative estimate of drug-likeness (QED) is 0.717. The predicted octanol–water partition coefficient (Wildman–Crippen LogP) is 3.97. The highest BCUT2D eigenvalue weighted by atomic mass is 16.5. The molecule has 0 saturated carbocycles. The molecule has 1 aliphatic heterocycles. The molecule has 1 amide bonds. The number of unbranched alkanes of at least 4 members (excludes halogenated alkanes) is 1. The Bertz CT molecular complexity index is 725. The normalized spacial score (nSPS) is 14.0. The number of hydrogen-bond donors (Lipinski definition) is 1. The molecule has 0 unspecified atom stereocenters. The van der Waals surface area contributed by atoms with Crippen LogP contribution in [0.15, 0.2) is 42.6 Å². The maximum atomic E-state index is 12.6. The largest absolute Gasteiger partial charge is 0.494 e. The van der Waals surface area contributed by atoms with Crippen LogP contribution in [0.25, 0.3) is 0 Å². The zero-order chi connectivity index (χ0) is 18.9. The van der Waals surface area contributed by atoms with E-state index in [1.807, 2.05) is 36.4 Å². The summed E-state index contributed by atoms with van der Waals surface area (Å²) in [5.74, 6) is 1.67. The molecule has 1 aliphatic rings. The van der Waals surface area contributed by atoms with Gasteiger partial charge < -0.3 is 15.0 Å². The van der Waals surface area contributed by atoms with Gasteiger partial charge in [-0.15, -0.1) is 0 Å². The molecule has 5 nitrogen and oxygen atoms in total. The zero-order valence-electron chi connectivity index (χ0n) is 16.1.